The summed E-state index contributed by atoms with van der Waals surface area (Å²) in [6.07, 6.45) is 1.25. The molecule has 0 saturated carbocycles. The third-order valence-corrected chi connectivity index (χ3v) is 4.30. The molecule has 4 nitrogen and oxygen atoms in total. The van der Waals surface area contributed by atoms with Gasteiger partial charge in [-0.15, -0.1) is 0 Å². The minimum Gasteiger partial charge on any atom is -0.497 e. The van der Waals surface area contributed by atoms with Crippen LogP contribution in [0.5, 0.6) is 11.5 Å². The third-order valence-electron chi connectivity index (χ3n) is 4.30. The summed E-state index contributed by atoms with van der Waals surface area (Å²) in [6, 6.07) is 13.9. The Labute approximate surface area is 150 Å². The number of methoxy groups -OCH3 is 1. The number of aryl methyl sites for hydroxylation is 2. The number of amides is 1. The van der Waals surface area contributed by atoms with Crippen molar-refractivity contribution in [2.45, 2.75) is 39.7 Å². The molecule has 1 amide bonds. The van der Waals surface area contributed by atoms with Gasteiger partial charge in [-0.2, -0.15) is 0 Å². The Kier molecular flexibility index (Phi) is 6.87. The Morgan fingerprint density at radius 2 is 1.92 bits per heavy atom. The van der Waals surface area contributed by atoms with Crippen LogP contribution in [0.25, 0.3) is 0 Å². The van der Waals surface area contributed by atoms with Crippen molar-refractivity contribution in [3.05, 3.63) is 59.2 Å². The summed E-state index contributed by atoms with van der Waals surface area (Å²) in [7, 11) is 1.66. The topological polar surface area (TPSA) is 47.6 Å². The number of rotatable bonds is 8. The number of carbonyl (C=O) groups excluding carboxylic acids is 1. The van der Waals surface area contributed by atoms with E-state index in [0.717, 1.165) is 35.5 Å². The number of hydrogen-bond acceptors (Lipinski definition) is 3. The number of ether oxygens (including phenoxy) is 2. The predicted molar refractivity (Wildman–Crippen MR) is 100 cm³/mol. The molecular weight excluding hydrogens is 314 g/mol. The largest absolute Gasteiger partial charge is 0.497 e. The highest BCUT2D eigenvalue weighted by Crippen LogP contribution is 2.21. The molecule has 0 aliphatic rings. The van der Waals surface area contributed by atoms with Crippen molar-refractivity contribution < 1.29 is 14.3 Å². The van der Waals surface area contributed by atoms with E-state index in [-0.39, 0.29) is 5.91 Å². The number of nitrogens with one attached hydrogen (secondary N) is 1. The molecule has 0 heterocycles. The summed E-state index contributed by atoms with van der Waals surface area (Å²) in [5.41, 5.74) is 3.43. The van der Waals surface area contributed by atoms with Gasteiger partial charge in [-0.1, -0.05) is 24.3 Å². The molecule has 2 aromatic carbocycles. The quantitative estimate of drug-likeness (QED) is 0.742. The molecule has 0 aromatic heterocycles. The SMILES string of the molecule is COc1cccc(CCCNC(=O)[C@@H](C)Oc2cccc(C)c2C)c1. The fourth-order valence-corrected chi connectivity index (χ4v) is 2.57. The highest BCUT2D eigenvalue weighted by atomic mass is 16.5. The molecule has 0 spiro atoms. The second-order valence-corrected chi connectivity index (χ2v) is 6.20. The summed E-state index contributed by atoms with van der Waals surface area (Å²) in [6.45, 7) is 6.44. The van der Waals surface area contributed by atoms with Crippen molar-refractivity contribution in [3.63, 3.8) is 0 Å². The molecule has 4 heteroatoms. The summed E-state index contributed by atoms with van der Waals surface area (Å²) >= 11 is 0. The second kappa shape index (κ2) is 9.11. The van der Waals surface area contributed by atoms with Gasteiger partial charge >= 0.3 is 0 Å². The number of carbonyl (C=O) groups is 1. The Morgan fingerprint density at radius 3 is 2.68 bits per heavy atom. The molecule has 0 radical (unpaired) electrons. The van der Waals surface area contributed by atoms with Crippen LogP contribution in [0.15, 0.2) is 42.5 Å². The van der Waals surface area contributed by atoms with Gasteiger partial charge in [0.25, 0.3) is 5.91 Å². The van der Waals surface area contributed by atoms with Crippen LogP contribution in [-0.2, 0) is 11.2 Å². The van der Waals surface area contributed by atoms with E-state index >= 15 is 0 Å². The van der Waals surface area contributed by atoms with Crippen molar-refractivity contribution in [3.8, 4) is 11.5 Å². The van der Waals surface area contributed by atoms with Gasteiger partial charge in [0, 0.05) is 6.54 Å². The predicted octanol–water partition coefficient (Wildman–Crippen LogP) is 3.83. The smallest absolute Gasteiger partial charge is 0.260 e. The molecule has 0 bridgehead atoms. The lowest BCUT2D eigenvalue weighted by Gasteiger charge is -2.17. The van der Waals surface area contributed by atoms with Gasteiger partial charge in [0.2, 0.25) is 0 Å². The Morgan fingerprint density at radius 1 is 1.16 bits per heavy atom. The molecule has 0 saturated heterocycles. The third kappa shape index (κ3) is 5.52. The van der Waals surface area contributed by atoms with Crippen LogP contribution in [0.2, 0.25) is 0 Å². The number of hydrogen-bond donors (Lipinski definition) is 1. The van der Waals surface area contributed by atoms with Crippen LogP contribution < -0.4 is 14.8 Å². The molecule has 0 aliphatic carbocycles. The zero-order chi connectivity index (χ0) is 18.2. The van der Waals surface area contributed by atoms with E-state index in [1.54, 1.807) is 14.0 Å². The van der Waals surface area contributed by atoms with Gasteiger partial charge in [-0.05, 0) is 68.5 Å². The van der Waals surface area contributed by atoms with E-state index in [4.69, 9.17) is 9.47 Å². The van der Waals surface area contributed by atoms with Gasteiger partial charge in [-0.25, -0.2) is 0 Å². The van der Waals surface area contributed by atoms with Crippen molar-refractivity contribution >= 4 is 5.91 Å². The molecule has 0 aliphatic heterocycles. The van der Waals surface area contributed by atoms with E-state index in [2.05, 4.69) is 11.4 Å². The van der Waals surface area contributed by atoms with Gasteiger partial charge < -0.3 is 14.8 Å². The monoisotopic (exact) mass is 341 g/mol. The lowest BCUT2D eigenvalue weighted by molar-refractivity contribution is -0.127. The number of benzene rings is 2. The van der Waals surface area contributed by atoms with Gasteiger partial charge in [0.1, 0.15) is 11.5 Å². The van der Waals surface area contributed by atoms with Crippen LogP contribution >= 0.6 is 0 Å². The lowest BCUT2D eigenvalue weighted by Crippen LogP contribution is -2.37. The van der Waals surface area contributed by atoms with Crippen LogP contribution in [0.1, 0.15) is 30.0 Å². The van der Waals surface area contributed by atoms with Crippen LogP contribution in [-0.4, -0.2) is 25.7 Å². The summed E-state index contributed by atoms with van der Waals surface area (Å²) in [5.74, 6) is 1.53. The van der Waals surface area contributed by atoms with Crippen LogP contribution in [0, 0.1) is 13.8 Å². The minimum absolute atomic E-state index is 0.0912. The first-order valence-corrected chi connectivity index (χ1v) is 8.64. The lowest BCUT2D eigenvalue weighted by atomic mass is 10.1. The van der Waals surface area contributed by atoms with Crippen molar-refractivity contribution in [1.82, 2.24) is 5.32 Å². The Balaban J connectivity index is 1.76. The summed E-state index contributed by atoms with van der Waals surface area (Å²) in [5, 5.41) is 2.94. The minimum atomic E-state index is -0.516. The highest BCUT2D eigenvalue weighted by molar-refractivity contribution is 5.80. The maximum Gasteiger partial charge on any atom is 0.260 e. The molecule has 0 unspecified atom stereocenters. The first-order chi connectivity index (χ1) is 12.0. The zero-order valence-corrected chi connectivity index (χ0v) is 15.5. The standard InChI is InChI=1S/C21H27NO3/c1-15-8-5-12-20(16(15)2)25-17(3)21(23)22-13-7-10-18-9-6-11-19(14-18)24-4/h5-6,8-9,11-12,14,17H,7,10,13H2,1-4H3,(H,22,23)/t17-/m1/s1. The molecule has 134 valence electrons. The fourth-order valence-electron chi connectivity index (χ4n) is 2.57. The average molecular weight is 341 g/mol. The van der Waals surface area contributed by atoms with Gasteiger partial charge in [0.15, 0.2) is 6.10 Å². The van der Waals surface area contributed by atoms with Crippen molar-refractivity contribution in [2.75, 3.05) is 13.7 Å². The molecule has 25 heavy (non-hydrogen) atoms. The highest BCUT2D eigenvalue weighted by Gasteiger charge is 2.15. The van der Waals surface area contributed by atoms with Crippen LogP contribution in [0.4, 0.5) is 0 Å². The Bertz CT molecular complexity index is 712. The molecule has 0 fully saturated rings. The average Bonchev–Trinajstić information content (AvgIpc) is 2.62. The Hall–Kier alpha value is -2.49. The van der Waals surface area contributed by atoms with Gasteiger partial charge in [-0.3, -0.25) is 4.79 Å². The molecule has 2 aromatic rings. The molecule has 1 atom stereocenters. The van der Waals surface area contributed by atoms with Crippen LogP contribution in [0.3, 0.4) is 0 Å². The maximum atomic E-state index is 12.2. The van der Waals surface area contributed by atoms with Crippen molar-refractivity contribution in [1.29, 1.82) is 0 Å². The van der Waals surface area contributed by atoms with Crippen molar-refractivity contribution in [2.24, 2.45) is 0 Å². The molecule has 1 N–H and O–H groups in total. The summed E-state index contributed by atoms with van der Waals surface area (Å²) in [4.78, 5) is 12.2. The van der Waals surface area contributed by atoms with E-state index < -0.39 is 6.10 Å². The fraction of sp³-hybridized carbons (Fsp3) is 0.381. The molecule has 2 rings (SSSR count). The maximum absolute atomic E-state index is 12.2. The normalized spacial score (nSPS) is 11.7. The zero-order valence-electron chi connectivity index (χ0n) is 15.5. The second-order valence-electron chi connectivity index (χ2n) is 6.20. The van der Waals surface area contributed by atoms with E-state index in [9.17, 15) is 4.79 Å². The van der Waals surface area contributed by atoms with E-state index in [0.29, 0.717) is 6.54 Å². The molecular formula is C21H27NO3. The van der Waals surface area contributed by atoms with Gasteiger partial charge in [0.05, 0.1) is 7.11 Å². The summed E-state index contributed by atoms with van der Waals surface area (Å²) < 4.78 is 11.0. The van der Waals surface area contributed by atoms with E-state index in [1.807, 2.05) is 50.2 Å². The first-order valence-electron chi connectivity index (χ1n) is 8.64. The van der Waals surface area contributed by atoms with E-state index in [1.165, 1.54) is 5.56 Å². The first kappa shape index (κ1) is 18.8.